The Bertz CT molecular complexity index is 898. The first kappa shape index (κ1) is 15.7. The van der Waals surface area contributed by atoms with Gasteiger partial charge < -0.3 is 14.1 Å². The zero-order chi connectivity index (χ0) is 17.4. The van der Waals surface area contributed by atoms with E-state index in [1.165, 1.54) is 0 Å². The fourth-order valence-corrected chi connectivity index (χ4v) is 3.65. The minimum absolute atomic E-state index is 0.0270. The standard InChI is InChI=1S/C19H21N3O3/c1-13-18(16-11-15(24-2)6-7-17(16)25-13)19(23)22-10-3-5-14(22)12-21-9-4-8-20-21/h4,6-9,11,14H,3,5,10,12H2,1-2H3/t14-/m0/s1. The molecule has 0 saturated carbocycles. The van der Waals surface area contributed by atoms with Gasteiger partial charge in [-0.1, -0.05) is 0 Å². The van der Waals surface area contributed by atoms with Crippen molar-refractivity contribution in [3.63, 3.8) is 0 Å². The predicted molar refractivity (Wildman–Crippen MR) is 93.8 cm³/mol. The summed E-state index contributed by atoms with van der Waals surface area (Å²) in [5.41, 5.74) is 1.35. The second kappa shape index (κ2) is 6.27. The van der Waals surface area contributed by atoms with Gasteiger partial charge in [0.25, 0.3) is 5.91 Å². The van der Waals surface area contributed by atoms with Gasteiger partial charge >= 0.3 is 0 Å². The number of rotatable bonds is 4. The average Bonchev–Trinajstić information content (AvgIpc) is 3.33. The number of ether oxygens (including phenoxy) is 1. The van der Waals surface area contributed by atoms with E-state index in [2.05, 4.69) is 5.10 Å². The van der Waals surface area contributed by atoms with E-state index < -0.39 is 0 Å². The molecular formula is C19H21N3O3. The molecule has 25 heavy (non-hydrogen) atoms. The van der Waals surface area contributed by atoms with Crippen LogP contribution >= 0.6 is 0 Å². The second-order valence-corrected chi connectivity index (χ2v) is 6.42. The molecule has 0 bridgehead atoms. The molecule has 3 heterocycles. The third kappa shape index (κ3) is 2.77. The van der Waals surface area contributed by atoms with Gasteiger partial charge in [-0.05, 0) is 44.0 Å². The van der Waals surface area contributed by atoms with Gasteiger partial charge in [0, 0.05) is 24.3 Å². The zero-order valence-corrected chi connectivity index (χ0v) is 14.4. The number of carbonyl (C=O) groups is 1. The van der Waals surface area contributed by atoms with Crippen LogP contribution in [0.5, 0.6) is 5.75 Å². The van der Waals surface area contributed by atoms with Gasteiger partial charge in [0.2, 0.25) is 0 Å². The number of aromatic nitrogens is 2. The van der Waals surface area contributed by atoms with E-state index in [0.717, 1.165) is 37.1 Å². The first-order valence-corrected chi connectivity index (χ1v) is 8.53. The molecule has 1 atom stereocenters. The number of aryl methyl sites for hydroxylation is 1. The van der Waals surface area contributed by atoms with Crippen LogP contribution < -0.4 is 4.74 Å². The number of hydrogen-bond acceptors (Lipinski definition) is 4. The summed E-state index contributed by atoms with van der Waals surface area (Å²) in [6, 6.07) is 7.63. The Kier molecular flexibility index (Phi) is 3.95. The fourth-order valence-electron chi connectivity index (χ4n) is 3.65. The van der Waals surface area contributed by atoms with Gasteiger partial charge in [-0.3, -0.25) is 9.48 Å². The summed E-state index contributed by atoms with van der Waals surface area (Å²) in [5, 5.41) is 5.08. The highest BCUT2D eigenvalue weighted by atomic mass is 16.5. The van der Waals surface area contributed by atoms with E-state index in [9.17, 15) is 4.79 Å². The molecule has 4 rings (SSSR count). The monoisotopic (exact) mass is 339 g/mol. The summed E-state index contributed by atoms with van der Waals surface area (Å²) >= 11 is 0. The summed E-state index contributed by atoms with van der Waals surface area (Å²) in [7, 11) is 1.62. The highest BCUT2D eigenvalue weighted by molar-refractivity contribution is 6.07. The largest absolute Gasteiger partial charge is 0.497 e. The summed E-state index contributed by atoms with van der Waals surface area (Å²) < 4.78 is 13.0. The Morgan fingerprint density at radius 2 is 2.32 bits per heavy atom. The zero-order valence-electron chi connectivity index (χ0n) is 14.4. The number of likely N-dealkylation sites (tertiary alicyclic amines) is 1. The van der Waals surface area contributed by atoms with Gasteiger partial charge in [0.05, 0.1) is 25.3 Å². The maximum Gasteiger partial charge on any atom is 0.258 e. The number of nitrogens with zero attached hydrogens (tertiary/aromatic N) is 3. The molecule has 1 aromatic carbocycles. The molecule has 0 aliphatic carbocycles. The maximum atomic E-state index is 13.3. The molecule has 0 unspecified atom stereocenters. The third-order valence-corrected chi connectivity index (χ3v) is 4.88. The SMILES string of the molecule is COc1ccc2oc(C)c(C(=O)N3CCC[C@H]3Cn3cccn3)c2c1. The molecular weight excluding hydrogens is 318 g/mol. The Labute approximate surface area is 146 Å². The number of benzene rings is 1. The van der Waals surface area contributed by atoms with E-state index >= 15 is 0 Å². The van der Waals surface area contributed by atoms with Crippen molar-refractivity contribution in [2.45, 2.75) is 32.4 Å². The van der Waals surface area contributed by atoms with Crippen molar-refractivity contribution in [3.8, 4) is 5.75 Å². The van der Waals surface area contributed by atoms with Crippen LogP contribution in [0.15, 0.2) is 41.1 Å². The third-order valence-electron chi connectivity index (χ3n) is 4.88. The molecule has 1 aliphatic rings. The van der Waals surface area contributed by atoms with E-state index in [-0.39, 0.29) is 11.9 Å². The van der Waals surface area contributed by atoms with Crippen molar-refractivity contribution in [1.82, 2.24) is 14.7 Å². The lowest BCUT2D eigenvalue weighted by Crippen LogP contribution is -2.38. The molecule has 0 N–H and O–H groups in total. The van der Waals surface area contributed by atoms with Gasteiger partial charge in [-0.2, -0.15) is 5.10 Å². The highest BCUT2D eigenvalue weighted by Crippen LogP contribution is 2.32. The molecule has 3 aromatic rings. The number of hydrogen-bond donors (Lipinski definition) is 0. The van der Waals surface area contributed by atoms with Crippen molar-refractivity contribution >= 4 is 16.9 Å². The number of fused-ring (bicyclic) bond motifs is 1. The molecule has 1 amide bonds. The average molecular weight is 339 g/mol. The Morgan fingerprint density at radius 1 is 1.44 bits per heavy atom. The lowest BCUT2D eigenvalue weighted by atomic mass is 10.1. The minimum Gasteiger partial charge on any atom is -0.497 e. The lowest BCUT2D eigenvalue weighted by Gasteiger charge is -2.24. The number of amides is 1. The van der Waals surface area contributed by atoms with Crippen LogP contribution in [-0.2, 0) is 6.54 Å². The normalized spacial score (nSPS) is 17.4. The molecule has 1 saturated heterocycles. The molecule has 2 aromatic heterocycles. The molecule has 1 aliphatic heterocycles. The van der Waals surface area contributed by atoms with Gasteiger partial charge in [-0.15, -0.1) is 0 Å². The molecule has 0 radical (unpaired) electrons. The predicted octanol–water partition coefficient (Wildman–Crippen LogP) is 3.25. The molecule has 1 fully saturated rings. The molecule has 130 valence electrons. The first-order chi connectivity index (χ1) is 12.2. The summed E-state index contributed by atoms with van der Waals surface area (Å²) in [6.07, 6.45) is 5.70. The Morgan fingerprint density at radius 3 is 3.08 bits per heavy atom. The van der Waals surface area contributed by atoms with Crippen LogP contribution in [-0.4, -0.2) is 40.3 Å². The first-order valence-electron chi connectivity index (χ1n) is 8.53. The smallest absolute Gasteiger partial charge is 0.258 e. The quantitative estimate of drug-likeness (QED) is 0.732. The topological polar surface area (TPSA) is 60.5 Å². The minimum atomic E-state index is 0.0270. The summed E-state index contributed by atoms with van der Waals surface area (Å²) in [5.74, 6) is 1.40. The number of methoxy groups -OCH3 is 1. The Balaban J connectivity index is 1.67. The van der Waals surface area contributed by atoms with Crippen LogP contribution in [0.4, 0.5) is 0 Å². The van der Waals surface area contributed by atoms with E-state index in [4.69, 9.17) is 9.15 Å². The van der Waals surface area contributed by atoms with Gasteiger partial charge in [0.15, 0.2) is 0 Å². The number of carbonyl (C=O) groups excluding carboxylic acids is 1. The Hall–Kier alpha value is -2.76. The summed E-state index contributed by atoms with van der Waals surface area (Å²) in [4.78, 5) is 15.2. The van der Waals surface area contributed by atoms with E-state index in [1.54, 1.807) is 13.3 Å². The van der Waals surface area contributed by atoms with Gasteiger partial charge in [0.1, 0.15) is 17.1 Å². The molecule has 6 heteroatoms. The fraction of sp³-hybridized carbons (Fsp3) is 0.368. The summed E-state index contributed by atoms with van der Waals surface area (Å²) in [6.45, 7) is 3.33. The van der Waals surface area contributed by atoms with E-state index in [1.807, 2.05) is 47.0 Å². The maximum absolute atomic E-state index is 13.3. The molecule has 6 nitrogen and oxygen atoms in total. The van der Waals surface area contributed by atoms with E-state index in [0.29, 0.717) is 16.9 Å². The van der Waals surface area contributed by atoms with Crippen molar-refractivity contribution in [2.75, 3.05) is 13.7 Å². The van der Waals surface area contributed by atoms with Crippen LogP contribution in [0.3, 0.4) is 0 Å². The van der Waals surface area contributed by atoms with Crippen molar-refractivity contribution in [1.29, 1.82) is 0 Å². The highest BCUT2D eigenvalue weighted by Gasteiger charge is 2.32. The van der Waals surface area contributed by atoms with Crippen LogP contribution in [0.1, 0.15) is 29.0 Å². The van der Waals surface area contributed by atoms with Crippen LogP contribution in [0.25, 0.3) is 11.0 Å². The van der Waals surface area contributed by atoms with Crippen LogP contribution in [0, 0.1) is 6.92 Å². The van der Waals surface area contributed by atoms with Crippen molar-refractivity contribution in [3.05, 3.63) is 48.0 Å². The van der Waals surface area contributed by atoms with Gasteiger partial charge in [-0.25, -0.2) is 0 Å². The van der Waals surface area contributed by atoms with Crippen LogP contribution in [0.2, 0.25) is 0 Å². The molecule has 0 spiro atoms. The number of furan rings is 1. The van der Waals surface area contributed by atoms with Crippen molar-refractivity contribution < 1.29 is 13.9 Å². The lowest BCUT2D eigenvalue weighted by molar-refractivity contribution is 0.0721. The van der Waals surface area contributed by atoms with Crippen molar-refractivity contribution in [2.24, 2.45) is 0 Å². The second-order valence-electron chi connectivity index (χ2n) is 6.42.